The maximum atomic E-state index is 13.5. The molecule has 1 saturated carbocycles. The van der Waals surface area contributed by atoms with Gasteiger partial charge in [-0.05, 0) is 67.2 Å². The fourth-order valence-corrected chi connectivity index (χ4v) is 4.26. The van der Waals surface area contributed by atoms with Crippen LogP contribution in [-0.4, -0.2) is 13.1 Å². The minimum absolute atomic E-state index is 0.0934. The summed E-state index contributed by atoms with van der Waals surface area (Å²) in [4.78, 5) is 0. The molecule has 0 amide bonds. The van der Waals surface area contributed by atoms with Gasteiger partial charge in [-0.1, -0.05) is 31.9 Å². The standard InChI is InChI=1S/C18H26FN/c1-13-5-7-14(8-6-13)17-9-10-20-12-18(17)15-3-2-4-16(19)11-15/h2-4,11,13-14,17-18,20H,5-10,12H2,1H3. The molecule has 0 spiro atoms. The lowest BCUT2D eigenvalue weighted by atomic mass is 9.68. The first kappa shape index (κ1) is 14.1. The third-order valence-electron chi connectivity index (χ3n) is 5.48. The van der Waals surface area contributed by atoms with E-state index in [-0.39, 0.29) is 5.82 Å². The van der Waals surface area contributed by atoms with E-state index in [2.05, 4.69) is 18.3 Å². The summed E-state index contributed by atoms with van der Waals surface area (Å²) in [5.74, 6) is 2.90. The Labute approximate surface area is 122 Å². The molecule has 2 fully saturated rings. The Bertz CT molecular complexity index is 437. The number of rotatable bonds is 2. The Morgan fingerprint density at radius 1 is 1.10 bits per heavy atom. The highest BCUT2D eigenvalue weighted by Gasteiger charge is 2.34. The van der Waals surface area contributed by atoms with Gasteiger partial charge in [0.15, 0.2) is 0 Å². The minimum atomic E-state index is -0.0934. The van der Waals surface area contributed by atoms with Crippen LogP contribution in [0, 0.1) is 23.6 Å². The van der Waals surface area contributed by atoms with Crippen molar-refractivity contribution in [2.45, 2.75) is 44.9 Å². The molecule has 1 aliphatic heterocycles. The summed E-state index contributed by atoms with van der Waals surface area (Å²) in [5, 5.41) is 3.51. The smallest absolute Gasteiger partial charge is 0.123 e. The van der Waals surface area contributed by atoms with Crippen molar-refractivity contribution in [1.29, 1.82) is 0 Å². The molecule has 1 aromatic carbocycles. The lowest BCUT2D eigenvalue weighted by Crippen LogP contribution is -2.39. The molecule has 20 heavy (non-hydrogen) atoms. The van der Waals surface area contributed by atoms with Gasteiger partial charge in [0.05, 0.1) is 0 Å². The molecule has 1 heterocycles. The van der Waals surface area contributed by atoms with E-state index in [1.54, 1.807) is 12.1 Å². The molecule has 3 rings (SSSR count). The van der Waals surface area contributed by atoms with Gasteiger partial charge in [0.2, 0.25) is 0 Å². The molecule has 0 aromatic heterocycles. The first-order chi connectivity index (χ1) is 9.74. The van der Waals surface area contributed by atoms with Gasteiger partial charge in [-0.25, -0.2) is 4.39 Å². The first-order valence-corrected chi connectivity index (χ1v) is 8.20. The second-order valence-electron chi connectivity index (χ2n) is 6.84. The van der Waals surface area contributed by atoms with Gasteiger partial charge in [0.25, 0.3) is 0 Å². The molecule has 1 aliphatic carbocycles. The largest absolute Gasteiger partial charge is 0.316 e. The maximum Gasteiger partial charge on any atom is 0.123 e. The Morgan fingerprint density at radius 2 is 1.90 bits per heavy atom. The molecule has 2 atom stereocenters. The van der Waals surface area contributed by atoms with E-state index in [0.717, 1.165) is 30.8 Å². The average molecular weight is 275 g/mol. The Kier molecular flexibility index (Phi) is 4.40. The first-order valence-electron chi connectivity index (χ1n) is 8.20. The molecule has 2 aliphatic rings. The summed E-state index contributed by atoms with van der Waals surface area (Å²) >= 11 is 0. The van der Waals surface area contributed by atoms with Crippen molar-refractivity contribution in [2.24, 2.45) is 17.8 Å². The van der Waals surface area contributed by atoms with Crippen molar-refractivity contribution in [2.75, 3.05) is 13.1 Å². The number of benzene rings is 1. The van der Waals surface area contributed by atoms with Gasteiger partial charge in [0.1, 0.15) is 5.82 Å². The number of hydrogen-bond acceptors (Lipinski definition) is 1. The highest BCUT2D eigenvalue weighted by molar-refractivity contribution is 5.23. The molecule has 1 N–H and O–H groups in total. The van der Waals surface area contributed by atoms with Gasteiger partial charge in [-0.15, -0.1) is 0 Å². The van der Waals surface area contributed by atoms with E-state index in [1.165, 1.54) is 37.7 Å². The van der Waals surface area contributed by atoms with Crippen LogP contribution < -0.4 is 5.32 Å². The molecule has 110 valence electrons. The third kappa shape index (κ3) is 3.06. The molecular weight excluding hydrogens is 249 g/mol. The summed E-state index contributed by atoms with van der Waals surface area (Å²) < 4.78 is 13.5. The van der Waals surface area contributed by atoms with Gasteiger partial charge in [0, 0.05) is 6.54 Å². The van der Waals surface area contributed by atoms with Crippen LogP contribution in [0.25, 0.3) is 0 Å². The zero-order valence-electron chi connectivity index (χ0n) is 12.4. The van der Waals surface area contributed by atoms with Crippen LogP contribution in [0.2, 0.25) is 0 Å². The molecule has 0 radical (unpaired) electrons. The fourth-order valence-electron chi connectivity index (χ4n) is 4.26. The zero-order valence-corrected chi connectivity index (χ0v) is 12.4. The van der Waals surface area contributed by atoms with Crippen molar-refractivity contribution in [3.05, 3.63) is 35.6 Å². The second-order valence-corrected chi connectivity index (χ2v) is 6.84. The normalized spacial score (nSPS) is 34.9. The Morgan fingerprint density at radius 3 is 2.65 bits per heavy atom. The highest BCUT2D eigenvalue weighted by atomic mass is 19.1. The quantitative estimate of drug-likeness (QED) is 0.846. The summed E-state index contributed by atoms with van der Waals surface area (Å²) in [6.07, 6.45) is 6.75. The summed E-state index contributed by atoms with van der Waals surface area (Å²) in [5.41, 5.74) is 1.20. The summed E-state index contributed by atoms with van der Waals surface area (Å²) in [6.45, 7) is 4.52. The third-order valence-corrected chi connectivity index (χ3v) is 5.48. The Balaban J connectivity index is 1.77. The van der Waals surface area contributed by atoms with Gasteiger partial charge in [-0.2, -0.15) is 0 Å². The number of piperidine rings is 1. The summed E-state index contributed by atoms with van der Waals surface area (Å²) in [7, 11) is 0. The van der Waals surface area contributed by atoms with E-state index in [1.807, 2.05) is 6.07 Å². The van der Waals surface area contributed by atoms with Crippen LogP contribution in [0.5, 0.6) is 0 Å². The van der Waals surface area contributed by atoms with Crippen LogP contribution in [0.4, 0.5) is 4.39 Å². The van der Waals surface area contributed by atoms with Gasteiger partial charge < -0.3 is 5.32 Å². The zero-order chi connectivity index (χ0) is 13.9. The van der Waals surface area contributed by atoms with E-state index < -0.39 is 0 Å². The molecule has 1 nitrogen and oxygen atoms in total. The van der Waals surface area contributed by atoms with E-state index >= 15 is 0 Å². The topological polar surface area (TPSA) is 12.0 Å². The molecular formula is C18H26FN. The van der Waals surface area contributed by atoms with E-state index in [4.69, 9.17) is 0 Å². The van der Waals surface area contributed by atoms with E-state index in [0.29, 0.717) is 5.92 Å². The molecule has 2 unspecified atom stereocenters. The predicted molar refractivity (Wildman–Crippen MR) is 81.2 cm³/mol. The lowest BCUT2D eigenvalue weighted by molar-refractivity contribution is 0.158. The van der Waals surface area contributed by atoms with Gasteiger partial charge >= 0.3 is 0 Å². The van der Waals surface area contributed by atoms with Crippen molar-refractivity contribution >= 4 is 0 Å². The second kappa shape index (κ2) is 6.26. The van der Waals surface area contributed by atoms with E-state index in [9.17, 15) is 4.39 Å². The number of halogens is 1. The van der Waals surface area contributed by atoms with Crippen LogP contribution in [0.15, 0.2) is 24.3 Å². The predicted octanol–water partition coefficient (Wildman–Crippen LogP) is 4.35. The monoisotopic (exact) mass is 275 g/mol. The molecule has 0 bridgehead atoms. The van der Waals surface area contributed by atoms with Crippen molar-refractivity contribution in [1.82, 2.24) is 5.32 Å². The molecule has 1 saturated heterocycles. The number of nitrogens with one attached hydrogen (secondary N) is 1. The van der Waals surface area contributed by atoms with Crippen LogP contribution in [-0.2, 0) is 0 Å². The fraction of sp³-hybridized carbons (Fsp3) is 0.667. The van der Waals surface area contributed by atoms with Crippen molar-refractivity contribution in [3.8, 4) is 0 Å². The minimum Gasteiger partial charge on any atom is -0.316 e. The maximum absolute atomic E-state index is 13.5. The number of hydrogen-bond donors (Lipinski definition) is 1. The summed E-state index contributed by atoms with van der Waals surface area (Å²) in [6, 6.07) is 7.27. The highest BCUT2D eigenvalue weighted by Crippen LogP contribution is 2.42. The molecule has 1 aromatic rings. The van der Waals surface area contributed by atoms with Crippen molar-refractivity contribution in [3.63, 3.8) is 0 Å². The van der Waals surface area contributed by atoms with Gasteiger partial charge in [-0.3, -0.25) is 0 Å². The van der Waals surface area contributed by atoms with Crippen LogP contribution >= 0.6 is 0 Å². The van der Waals surface area contributed by atoms with Crippen LogP contribution in [0.1, 0.15) is 50.5 Å². The Hall–Kier alpha value is -0.890. The molecule has 2 heteroatoms. The average Bonchev–Trinajstić information content (AvgIpc) is 2.48. The lowest BCUT2D eigenvalue weighted by Gasteiger charge is -2.40. The SMILES string of the molecule is CC1CCC(C2CCNCC2c2cccc(F)c2)CC1. The van der Waals surface area contributed by atoms with Crippen molar-refractivity contribution < 1.29 is 4.39 Å². The van der Waals surface area contributed by atoms with Crippen LogP contribution in [0.3, 0.4) is 0 Å².